The van der Waals surface area contributed by atoms with Crippen molar-refractivity contribution in [1.82, 2.24) is 0 Å². The van der Waals surface area contributed by atoms with Crippen molar-refractivity contribution in [2.24, 2.45) is 0 Å². The van der Waals surface area contributed by atoms with Crippen LogP contribution in [0.25, 0.3) is 6.08 Å². The van der Waals surface area contributed by atoms with Crippen LogP contribution >= 0.6 is 23.2 Å². The molecular weight excluding hydrogens is 465 g/mol. The first-order valence-corrected chi connectivity index (χ1v) is 10.4. The molecule has 0 radical (unpaired) electrons. The van der Waals surface area contributed by atoms with Crippen LogP contribution < -0.4 is 10.1 Å². The lowest BCUT2D eigenvalue weighted by Crippen LogP contribution is -2.14. The number of nitrogens with one attached hydrogen (secondary N) is 1. The first-order chi connectivity index (χ1) is 15.8. The van der Waals surface area contributed by atoms with Gasteiger partial charge in [0.2, 0.25) is 0 Å². The molecule has 1 N–H and O–H groups in total. The summed E-state index contributed by atoms with van der Waals surface area (Å²) in [6.07, 6.45) is 1.27. The smallest absolute Gasteiger partial charge is 0.293 e. The molecule has 0 saturated carbocycles. The molecule has 1 amide bonds. The summed E-state index contributed by atoms with van der Waals surface area (Å²) in [5, 5.41) is 23.8. The zero-order chi connectivity index (χ0) is 24.0. The molecular formula is C24H17Cl2N3O4. The van der Waals surface area contributed by atoms with E-state index in [0.717, 1.165) is 5.56 Å². The fourth-order valence-electron chi connectivity index (χ4n) is 2.96. The minimum atomic E-state index is -0.824. The van der Waals surface area contributed by atoms with Crippen LogP contribution in [0.2, 0.25) is 10.0 Å². The van der Waals surface area contributed by atoms with Gasteiger partial charge in [-0.15, -0.1) is 0 Å². The predicted octanol–water partition coefficient (Wildman–Crippen LogP) is 6.33. The number of nitro benzene ring substituents is 1. The summed E-state index contributed by atoms with van der Waals surface area (Å²) < 4.78 is 5.85. The topological polar surface area (TPSA) is 105 Å². The van der Waals surface area contributed by atoms with Crippen LogP contribution in [-0.4, -0.2) is 10.8 Å². The second kappa shape index (κ2) is 10.6. The number of nitro groups is 1. The zero-order valence-electron chi connectivity index (χ0n) is 17.3. The Bertz CT molecular complexity index is 1280. The SMILES string of the molecule is Cc1ccc(NC(=O)/C(C#N)=C/c2cc(Cl)cc(Cl)c2OCc2ccccc2)c([N+](=O)[O-])c1. The zero-order valence-corrected chi connectivity index (χ0v) is 18.9. The monoisotopic (exact) mass is 481 g/mol. The average Bonchev–Trinajstić information content (AvgIpc) is 2.78. The first-order valence-electron chi connectivity index (χ1n) is 9.62. The Morgan fingerprint density at radius 3 is 2.58 bits per heavy atom. The standard InChI is InChI=1S/C24H17Cl2N3O4/c1-15-7-8-21(22(9-15)29(31)32)28-24(30)18(13-27)10-17-11-19(25)12-20(26)23(17)33-14-16-5-3-2-4-6-16/h2-12H,14H2,1H3,(H,28,30)/b18-10+. The van der Waals surface area contributed by atoms with Crippen molar-refractivity contribution >= 4 is 46.6 Å². The molecule has 7 nitrogen and oxygen atoms in total. The largest absolute Gasteiger partial charge is 0.487 e. The third kappa shape index (κ3) is 6.10. The number of amides is 1. The highest BCUT2D eigenvalue weighted by atomic mass is 35.5. The Kier molecular flexibility index (Phi) is 7.67. The van der Waals surface area contributed by atoms with Gasteiger partial charge in [-0.3, -0.25) is 14.9 Å². The van der Waals surface area contributed by atoms with Gasteiger partial charge in [0, 0.05) is 16.7 Å². The number of carbonyl (C=O) groups excluding carboxylic acids is 1. The van der Waals surface area contributed by atoms with Crippen molar-refractivity contribution in [3.8, 4) is 11.8 Å². The van der Waals surface area contributed by atoms with E-state index in [4.69, 9.17) is 27.9 Å². The highest BCUT2D eigenvalue weighted by molar-refractivity contribution is 6.36. The maximum Gasteiger partial charge on any atom is 0.293 e. The molecule has 0 atom stereocenters. The van der Waals surface area contributed by atoms with E-state index >= 15 is 0 Å². The molecule has 0 aliphatic carbocycles. The molecule has 0 unspecified atom stereocenters. The van der Waals surface area contributed by atoms with E-state index in [2.05, 4.69) is 5.32 Å². The van der Waals surface area contributed by atoms with Crippen LogP contribution in [-0.2, 0) is 11.4 Å². The Hall–Kier alpha value is -3.86. The van der Waals surface area contributed by atoms with Gasteiger partial charge in [0.05, 0.1) is 9.95 Å². The molecule has 0 saturated heterocycles. The number of benzene rings is 3. The Labute approximate surface area is 200 Å². The third-order valence-corrected chi connectivity index (χ3v) is 5.03. The van der Waals surface area contributed by atoms with Crippen LogP contribution in [0.1, 0.15) is 16.7 Å². The van der Waals surface area contributed by atoms with Gasteiger partial charge in [0.15, 0.2) is 0 Å². The van der Waals surface area contributed by atoms with Gasteiger partial charge in [-0.1, -0.05) is 59.6 Å². The number of hydrogen-bond donors (Lipinski definition) is 1. The quantitative estimate of drug-likeness (QED) is 0.183. The molecule has 3 aromatic rings. The molecule has 0 fully saturated rings. The minimum Gasteiger partial charge on any atom is -0.487 e. The number of rotatable bonds is 7. The summed E-state index contributed by atoms with van der Waals surface area (Å²) in [6.45, 7) is 1.89. The lowest BCUT2D eigenvalue weighted by Gasteiger charge is -2.13. The number of anilines is 1. The highest BCUT2D eigenvalue weighted by Crippen LogP contribution is 2.35. The third-order valence-electron chi connectivity index (χ3n) is 4.53. The van der Waals surface area contributed by atoms with Gasteiger partial charge >= 0.3 is 0 Å². The molecule has 0 heterocycles. The van der Waals surface area contributed by atoms with Gasteiger partial charge in [0.1, 0.15) is 29.7 Å². The summed E-state index contributed by atoms with van der Waals surface area (Å²) in [6, 6.07) is 18.5. The Morgan fingerprint density at radius 2 is 1.91 bits per heavy atom. The molecule has 0 aromatic heterocycles. The van der Waals surface area contributed by atoms with E-state index in [9.17, 15) is 20.2 Å². The van der Waals surface area contributed by atoms with Crippen LogP contribution in [0, 0.1) is 28.4 Å². The second-order valence-corrected chi connectivity index (χ2v) is 7.83. The molecule has 0 spiro atoms. The van der Waals surface area contributed by atoms with E-state index in [0.29, 0.717) is 11.1 Å². The number of nitrogens with zero attached hydrogens (tertiary/aromatic N) is 2. The number of halogens is 2. The van der Waals surface area contributed by atoms with Crippen molar-refractivity contribution in [3.05, 3.63) is 103 Å². The highest BCUT2D eigenvalue weighted by Gasteiger charge is 2.19. The van der Waals surface area contributed by atoms with Gasteiger partial charge in [-0.05, 0) is 42.3 Å². The maximum atomic E-state index is 12.7. The fourth-order valence-corrected chi connectivity index (χ4v) is 3.53. The normalized spacial score (nSPS) is 10.9. The number of carbonyl (C=O) groups is 1. The second-order valence-electron chi connectivity index (χ2n) is 6.98. The Balaban J connectivity index is 1.93. The summed E-state index contributed by atoms with van der Waals surface area (Å²) in [5.41, 5.74) is 1.24. The van der Waals surface area contributed by atoms with Crippen LogP contribution in [0.3, 0.4) is 0 Å². The van der Waals surface area contributed by atoms with Gasteiger partial charge in [-0.25, -0.2) is 0 Å². The van der Waals surface area contributed by atoms with E-state index in [1.807, 2.05) is 36.4 Å². The van der Waals surface area contributed by atoms with Crippen molar-refractivity contribution in [2.75, 3.05) is 5.32 Å². The number of aryl methyl sites for hydroxylation is 1. The lowest BCUT2D eigenvalue weighted by molar-refractivity contribution is -0.384. The maximum absolute atomic E-state index is 12.7. The van der Waals surface area contributed by atoms with E-state index in [1.54, 1.807) is 13.0 Å². The van der Waals surface area contributed by atoms with Crippen LogP contribution in [0.4, 0.5) is 11.4 Å². The number of hydrogen-bond acceptors (Lipinski definition) is 5. The molecule has 33 heavy (non-hydrogen) atoms. The minimum absolute atomic E-state index is 0.0265. The van der Waals surface area contributed by atoms with E-state index < -0.39 is 10.8 Å². The summed E-state index contributed by atoms with van der Waals surface area (Å²) in [5.74, 6) is -0.582. The van der Waals surface area contributed by atoms with Gasteiger partial charge in [0.25, 0.3) is 11.6 Å². The van der Waals surface area contributed by atoms with E-state index in [-0.39, 0.29) is 39.3 Å². The van der Waals surface area contributed by atoms with Crippen molar-refractivity contribution in [1.29, 1.82) is 5.26 Å². The summed E-state index contributed by atoms with van der Waals surface area (Å²) >= 11 is 12.4. The molecule has 0 aliphatic rings. The lowest BCUT2D eigenvalue weighted by atomic mass is 10.1. The number of nitriles is 1. The average molecular weight is 482 g/mol. The molecule has 3 rings (SSSR count). The fraction of sp³-hybridized carbons (Fsp3) is 0.0833. The summed E-state index contributed by atoms with van der Waals surface area (Å²) in [7, 11) is 0. The summed E-state index contributed by atoms with van der Waals surface area (Å²) in [4.78, 5) is 23.5. The number of ether oxygens (including phenoxy) is 1. The van der Waals surface area contributed by atoms with Crippen LogP contribution in [0.15, 0.2) is 66.2 Å². The van der Waals surface area contributed by atoms with Gasteiger partial charge in [-0.2, -0.15) is 5.26 Å². The van der Waals surface area contributed by atoms with Crippen LogP contribution in [0.5, 0.6) is 5.75 Å². The molecule has 3 aromatic carbocycles. The predicted molar refractivity (Wildman–Crippen MR) is 127 cm³/mol. The van der Waals surface area contributed by atoms with Crippen molar-refractivity contribution in [3.63, 3.8) is 0 Å². The van der Waals surface area contributed by atoms with Crippen molar-refractivity contribution in [2.45, 2.75) is 13.5 Å². The molecule has 9 heteroatoms. The van der Waals surface area contributed by atoms with Crippen molar-refractivity contribution < 1.29 is 14.5 Å². The van der Waals surface area contributed by atoms with Gasteiger partial charge < -0.3 is 10.1 Å². The Morgan fingerprint density at radius 1 is 1.18 bits per heavy atom. The molecule has 166 valence electrons. The van der Waals surface area contributed by atoms with E-state index in [1.165, 1.54) is 30.3 Å². The first kappa shape index (κ1) is 23.8. The molecule has 0 aliphatic heterocycles. The molecule has 0 bridgehead atoms.